The Hall–Kier alpha value is 0.0500. The summed E-state index contributed by atoms with van der Waals surface area (Å²) in [5.74, 6) is 3.89. The van der Waals surface area contributed by atoms with Gasteiger partial charge >= 0.3 is 0 Å². The first-order valence-corrected chi connectivity index (χ1v) is 9.00. The molecule has 1 aliphatic heterocycles. The Bertz CT molecular complexity index is 417. The van der Waals surface area contributed by atoms with Gasteiger partial charge in [-0.25, -0.2) is 0 Å². The number of alkyl halides is 1. The molecule has 3 rings (SSSR count). The molecular weight excluding hydrogens is 304 g/mol. The fourth-order valence-electron chi connectivity index (χ4n) is 3.50. The van der Waals surface area contributed by atoms with E-state index in [0.29, 0.717) is 0 Å². The summed E-state index contributed by atoms with van der Waals surface area (Å²) >= 11 is 5.97. The van der Waals surface area contributed by atoms with Crippen LogP contribution in [0.3, 0.4) is 0 Å². The molecule has 4 unspecified atom stereocenters. The van der Waals surface area contributed by atoms with Crippen LogP contribution in [0.4, 0.5) is 0 Å². The fraction of sp³-hybridized carbons (Fsp3) is 0.625. The first kappa shape index (κ1) is 13.1. The summed E-state index contributed by atoms with van der Waals surface area (Å²) in [6.07, 6.45) is 5.57. The largest absolute Gasteiger partial charge is 0.125 e. The van der Waals surface area contributed by atoms with Gasteiger partial charge in [0, 0.05) is 15.5 Å². The predicted molar refractivity (Wildman–Crippen MR) is 83.7 cm³/mol. The van der Waals surface area contributed by atoms with E-state index in [2.05, 4.69) is 58.9 Å². The molecule has 1 aromatic carbocycles. The summed E-state index contributed by atoms with van der Waals surface area (Å²) in [6, 6.07) is 9.00. The lowest BCUT2D eigenvalue weighted by atomic mass is 9.77. The van der Waals surface area contributed by atoms with Gasteiger partial charge in [-0.3, -0.25) is 0 Å². The van der Waals surface area contributed by atoms with E-state index in [1.54, 1.807) is 5.56 Å². The number of benzene rings is 1. The van der Waals surface area contributed by atoms with Gasteiger partial charge < -0.3 is 0 Å². The van der Waals surface area contributed by atoms with Crippen molar-refractivity contribution in [1.29, 1.82) is 0 Å². The highest BCUT2D eigenvalue weighted by Gasteiger charge is 2.31. The molecule has 1 aliphatic carbocycles. The van der Waals surface area contributed by atoms with Gasteiger partial charge in [0.1, 0.15) is 0 Å². The minimum atomic E-state index is 0.756. The number of hydrogen-bond acceptors (Lipinski definition) is 1. The molecule has 18 heavy (non-hydrogen) atoms. The van der Waals surface area contributed by atoms with Crippen molar-refractivity contribution < 1.29 is 0 Å². The minimum absolute atomic E-state index is 0.756. The van der Waals surface area contributed by atoms with Crippen molar-refractivity contribution in [3.63, 3.8) is 0 Å². The van der Waals surface area contributed by atoms with Crippen molar-refractivity contribution >= 4 is 27.7 Å². The zero-order valence-corrected chi connectivity index (χ0v) is 13.3. The molecule has 1 heterocycles. The highest BCUT2D eigenvalue weighted by atomic mass is 79.9. The summed E-state index contributed by atoms with van der Waals surface area (Å²) in [4.78, 5) is 2.28. The van der Waals surface area contributed by atoms with E-state index in [1.165, 1.54) is 36.3 Å². The standard InChI is InChI=1S/C16H21BrS/c1-11-6-7-15(17)12(8-11)9-13-10-18-16-5-3-2-4-14(13)16/h2-5,11-13,15H,6-10H2,1H3. The Morgan fingerprint density at radius 1 is 1.28 bits per heavy atom. The number of fused-ring (bicyclic) bond motifs is 1. The van der Waals surface area contributed by atoms with E-state index in [4.69, 9.17) is 0 Å². The molecule has 0 saturated heterocycles. The zero-order chi connectivity index (χ0) is 12.5. The van der Waals surface area contributed by atoms with Crippen LogP contribution in [0.15, 0.2) is 29.2 Å². The monoisotopic (exact) mass is 324 g/mol. The van der Waals surface area contributed by atoms with Gasteiger partial charge in [-0.05, 0) is 55.1 Å². The van der Waals surface area contributed by atoms with E-state index < -0.39 is 0 Å². The second-order valence-electron chi connectivity index (χ2n) is 5.98. The van der Waals surface area contributed by atoms with E-state index >= 15 is 0 Å². The highest BCUT2D eigenvalue weighted by Crippen LogP contribution is 2.46. The van der Waals surface area contributed by atoms with E-state index in [9.17, 15) is 0 Å². The van der Waals surface area contributed by atoms with Crippen molar-refractivity contribution in [3.05, 3.63) is 29.8 Å². The van der Waals surface area contributed by atoms with Crippen LogP contribution >= 0.6 is 27.7 Å². The van der Waals surface area contributed by atoms with E-state index in [1.807, 2.05) is 0 Å². The van der Waals surface area contributed by atoms with Crippen LogP contribution in [0.2, 0.25) is 0 Å². The molecule has 0 N–H and O–H groups in total. The Morgan fingerprint density at radius 3 is 3.00 bits per heavy atom. The Morgan fingerprint density at radius 2 is 2.11 bits per heavy atom. The molecule has 2 aliphatic rings. The lowest BCUT2D eigenvalue weighted by molar-refractivity contribution is 0.273. The van der Waals surface area contributed by atoms with Crippen molar-refractivity contribution in [3.8, 4) is 0 Å². The summed E-state index contributed by atoms with van der Waals surface area (Å²) in [6.45, 7) is 2.42. The smallest absolute Gasteiger partial charge is 0.0174 e. The van der Waals surface area contributed by atoms with Gasteiger partial charge in [-0.1, -0.05) is 41.1 Å². The molecule has 4 atom stereocenters. The van der Waals surface area contributed by atoms with Crippen LogP contribution in [0.5, 0.6) is 0 Å². The normalized spacial score (nSPS) is 35.4. The number of thioether (sulfide) groups is 1. The van der Waals surface area contributed by atoms with Crippen LogP contribution in [0.25, 0.3) is 0 Å². The molecule has 98 valence electrons. The molecule has 0 spiro atoms. The number of halogens is 1. The van der Waals surface area contributed by atoms with Crippen molar-refractivity contribution in [1.82, 2.24) is 0 Å². The summed E-state index contributed by atoms with van der Waals surface area (Å²) < 4.78 is 0. The topological polar surface area (TPSA) is 0 Å². The molecule has 1 fully saturated rings. The molecule has 0 bridgehead atoms. The van der Waals surface area contributed by atoms with Gasteiger partial charge in [-0.15, -0.1) is 11.8 Å². The zero-order valence-electron chi connectivity index (χ0n) is 10.9. The van der Waals surface area contributed by atoms with Crippen LogP contribution in [-0.4, -0.2) is 10.6 Å². The first-order chi connectivity index (χ1) is 8.74. The first-order valence-electron chi connectivity index (χ1n) is 7.10. The number of rotatable bonds is 2. The van der Waals surface area contributed by atoms with Gasteiger partial charge in [0.05, 0.1) is 0 Å². The lowest BCUT2D eigenvalue weighted by Crippen LogP contribution is -2.25. The molecule has 0 nitrogen and oxygen atoms in total. The third-order valence-corrected chi connectivity index (χ3v) is 7.00. The van der Waals surface area contributed by atoms with Crippen molar-refractivity contribution in [2.24, 2.45) is 11.8 Å². The van der Waals surface area contributed by atoms with Gasteiger partial charge in [0.25, 0.3) is 0 Å². The number of hydrogen-bond donors (Lipinski definition) is 0. The third-order valence-electron chi connectivity index (χ3n) is 4.54. The Kier molecular flexibility index (Phi) is 4.05. The fourth-order valence-corrected chi connectivity index (χ4v) is 5.46. The van der Waals surface area contributed by atoms with Gasteiger partial charge in [0.15, 0.2) is 0 Å². The SMILES string of the molecule is CC1CCC(Br)C(CC2CSc3ccccc32)C1. The predicted octanol–water partition coefficient (Wildman–Crippen LogP) is 5.47. The highest BCUT2D eigenvalue weighted by molar-refractivity contribution is 9.09. The van der Waals surface area contributed by atoms with Crippen LogP contribution in [-0.2, 0) is 0 Å². The van der Waals surface area contributed by atoms with Crippen molar-refractivity contribution in [2.45, 2.75) is 48.2 Å². The van der Waals surface area contributed by atoms with Gasteiger partial charge in [-0.2, -0.15) is 0 Å². The molecule has 2 heteroatoms. The maximum atomic E-state index is 3.92. The van der Waals surface area contributed by atoms with Crippen LogP contribution < -0.4 is 0 Å². The van der Waals surface area contributed by atoms with Gasteiger partial charge in [0.2, 0.25) is 0 Å². The average molecular weight is 325 g/mol. The molecule has 0 amide bonds. The Labute approximate surface area is 123 Å². The van der Waals surface area contributed by atoms with E-state index in [0.717, 1.165) is 22.6 Å². The maximum absolute atomic E-state index is 3.92. The molecule has 1 aromatic rings. The van der Waals surface area contributed by atoms with E-state index in [-0.39, 0.29) is 0 Å². The maximum Gasteiger partial charge on any atom is 0.0174 e. The summed E-state index contributed by atoms with van der Waals surface area (Å²) in [7, 11) is 0. The quantitative estimate of drug-likeness (QED) is 0.650. The Balaban J connectivity index is 1.70. The molecule has 0 aromatic heterocycles. The average Bonchev–Trinajstić information content (AvgIpc) is 2.78. The van der Waals surface area contributed by atoms with Crippen molar-refractivity contribution in [2.75, 3.05) is 5.75 Å². The second kappa shape index (κ2) is 5.58. The minimum Gasteiger partial charge on any atom is -0.125 e. The molecular formula is C16H21BrS. The second-order valence-corrected chi connectivity index (χ2v) is 8.21. The summed E-state index contributed by atoms with van der Waals surface area (Å²) in [5, 5.41) is 0. The molecule has 1 saturated carbocycles. The third kappa shape index (κ3) is 2.65. The lowest BCUT2D eigenvalue weighted by Gasteiger charge is -2.33. The molecule has 0 radical (unpaired) electrons. The summed E-state index contributed by atoms with van der Waals surface area (Å²) in [5.41, 5.74) is 1.61. The van der Waals surface area contributed by atoms with Crippen LogP contribution in [0, 0.1) is 11.8 Å². The van der Waals surface area contributed by atoms with Crippen LogP contribution in [0.1, 0.15) is 44.1 Å².